The SMILES string of the molecule is CCC(CC)COC(=O)[C@H](C)N[PH](=O)O[C@@](CF)(OC)[C@H]1OC(C)(C)O[C@H]1c1ccc2c(N)ncnn12. The molecule has 0 saturated carbocycles. The first-order valence-electron chi connectivity index (χ1n) is 12.2. The molecule has 3 rings (SSSR count). The predicted molar refractivity (Wildman–Crippen MR) is 134 cm³/mol. The highest BCUT2D eigenvalue weighted by molar-refractivity contribution is 7.36. The third kappa shape index (κ3) is 6.47. The Morgan fingerprint density at radius 1 is 1.35 bits per heavy atom. The number of ether oxygens (including phenoxy) is 4. The third-order valence-electron chi connectivity index (χ3n) is 6.43. The van der Waals surface area contributed by atoms with Gasteiger partial charge in [-0.05, 0) is 38.8 Å². The Hall–Kier alpha value is -2.15. The molecule has 1 aliphatic heterocycles. The van der Waals surface area contributed by atoms with Crippen molar-refractivity contribution in [1.82, 2.24) is 19.7 Å². The van der Waals surface area contributed by atoms with E-state index in [1.165, 1.54) is 24.9 Å². The molecule has 0 aromatic carbocycles. The standard InChI is InChI=1S/C23H37FN5O7P/c1-7-15(8-2)11-33-21(30)14(3)28-37(31)36-23(12-24,32-6)19-18(34-22(4,5)35-19)16-9-10-17-20(25)26-13-27-29(16)17/h9-10,13-15,18-19,37H,7-8,11-12H2,1-6H3,(H,28,31)(H2,25,26,27)/t14-,18-,19-,23+/m0/s1. The number of alkyl halides is 1. The van der Waals surface area contributed by atoms with E-state index in [-0.39, 0.29) is 18.3 Å². The number of halogens is 1. The molecule has 3 N–H and O–H groups in total. The summed E-state index contributed by atoms with van der Waals surface area (Å²) >= 11 is 0. The molecule has 14 heteroatoms. The number of nitrogen functional groups attached to an aromatic ring is 1. The van der Waals surface area contributed by atoms with Crippen LogP contribution in [0.25, 0.3) is 5.52 Å². The largest absolute Gasteiger partial charge is 0.464 e. The second kappa shape index (κ2) is 12.1. The molecule has 208 valence electrons. The van der Waals surface area contributed by atoms with Crippen LogP contribution in [0.2, 0.25) is 0 Å². The summed E-state index contributed by atoms with van der Waals surface area (Å²) in [7, 11) is -2.02. The Bertz CT molecular complexity index is 1090. The number of nitrogens with one attached hydrogen (secondary N) is 1. The van der Waals surface area contributed by atoms with Crippen LogP contribution in [0.1, 0.15) is 59.3 Å². The molecule has 0 aliphatic carbocycles. The van der Waals surface area contributed by atoms with Crippen LogP contribution in [0.3, 0.4) is 0 Å². The van der Waals surface area contributed by atoms with Crippen LogP contribution in [0.15, 0.2) is 18.5 Å². The summed E-state index contributed by atoms with van der Waals surface area (Å²) in [4.78, 5) is 16.4. The van der Waals surface area contributed by atoms with Crippen LogP contribution in [0.5, 0.6) is 0 Å². The Morgan fingerprint density at radius 3 is 2.68 bits per heavy atom. The summed E-state index contributed by atoms with van der Waals surface area (Å²) in [6, 6.07) is 2.43. The van der Waals surface area contributed by atoms with Crippen LogP contribution < -0.4 is 10.8 Å². The second-order valence-electron chi connectivity index (χ2n) is 9.39. The molecular weight excluding hydrogens is 508 g/mol. The van der Waals surface area contributed by atoms with Crippen molar-refractivity contribution >= 4 is 25.5 Å². The van der Waals surface area contributed by atoms with E-state index in [0.29, 0.717) is 11.2 Å². The lowest BCUT2D eigenvalue weighted by Crippen LogP contribution is -2.51. The van der Waals surface area contributed by atoms with Crippen molar-refractivity contribution in [3.05, 3.63) is 24.2 Å². The van der Waals surface area contributed by atoms with Crippen molar-refractivity contribution in [3.8, 4) is 0 Å². The van der Waals surface area contributed by atoms with Gasteiger partial charge in [-0.15, -0.1) is 0 Å². The van der Waals surface area contributed by atoms with Crippen molar-refractivity contribution in [1.29, 1.82) is 0 Å². The first kappa shape index (κ1) is 29.4. The minimum atomic E-state index is -3.23. The molecule has 37 heavy (non-hydrogen) atoms. The highest BCUT2D eigenvalue weighted by Crippen LogP contribution is 2.47. The van der Waals surface area contributed by atoms with E-state index in [1.54, 1.807) is 26.0 Å². The molecule has 5 atom stereocenters. The zero-order chi connectivity index (χ0) is 27.4. The van der Waals surface area contributed by atoms with Gasteiger partial charge in [0.2, 0.25) is 5.79 Å². The fourth-order valence-electron chi connectivity index (χ4n) is 4.13. The number of aromatic nitrogens is 3. The topological polar surface area (TPSA) is 149 Å². The van der Waals surface area contributed by atoms with E-state index in [9.17, 15) is 13.8 Å². The first-order chi connectivity index (χ1) is 17.5. The van der Waals surface area contributed by atoms with E-state index in [0.717, 1.165) is 12.8 Å². The summed E-state index contributed by atoms with van der Waals surface area (Å²) in [5.41, 5.74) is 6.94. The van der Waals surface area contributed by atoms with Crippen LogP contribution >= 0.6 is 8.18 Å². The van der Waals surface area contributed by atoms with Gasteiger partial charge in [0.05, 0.1) is 12.3 Å². The van der Waals surface area contributed by atoms with Crippen molar-refractivity contribution in [2.24, 2.45) is 5.92 Å². The zero-order valence-corrected chi connectivity index (χ0v) is 23.0. The van der Waals surface area contributed by atoms with Gasteiger partial charge in [0.15, 0.2) is 11.6 Å². The molecule has 2 aromatic rings. The summed E-state index contributed by atoms with van der Waals surface area (Å²) in [5, 5.41) is 6.78. The number of methoxy groups -OCH3 is 1. The molecular formula is C23H37FN5O7P. The molecule has 0 radical (unpaired) electrons. The number of fused-ring (bicyclic) bond motifs is 1. The average molecular weight is 546 g/mol. The lowest BCUT2D eigenvalue weighted by atomic mass is 10.0. The Balaban J connectivity index is 1.81. The molecule has 1 aliphatic rings. The number of carbonyl (C=O) groups excluding carboxylic acids is 1. The lowest BCUT2D eigenvalue weighted by molar-refractivity contribution is -0.252. The van der Waals surface area contributed by atoms with Gasteiger partial charge in [-0.3, -0.25) is 13.9 Å². The van der Waals surface area contributed by atoms with Gasteiger partial charge in [0, 0.05) is 7.11 Å². The Morgan fingerprint density at radius 2 is 2.05 bits per heavy atom. The van der Waals surface area contributed by atoms with E-state index in [4.69, 9.17) is 29.2 Å². The molecule has 1 unspecified atom stereocenters. The monoisotopic (exact) mass is 545 g/mol. The second-order valence-corrected chi connectivity index (χ2v) is 10.5. The van der Waals surface area contributed by atoms with E-state index in [2.05, 4.69) is 15.2 Å². The fraction of sp³-hybridized carbons (Fsp3) is 0.696. The van der Waals surface area contributed by atoms with Gasteiger partial charge >= 0.3 is 5.97 Å². The number of nitrogens with zero attached hydrogens (tertiary/aromatic N) is 3. The zero-order valence-electron chi connectivity index (χ0n) is 22.0. The van der Waals surface area contributed by atoms with E-state index >= 15 is 0 Å². The molecule has 1 fully saturated rings. The number of esters is 1. The molecule has 12 nitrogen and oxygen atoms in total. The summed E-state index contributed by atoms with van der Waals surface area (Å²) in [5.74, 6) is -3.41. The smallest absolute Gasteiger partial charge is 0.323 e. The third-order valence-corrected chi connectivity index (χ3v) is 7.63. The Kier molecular flexibility index (Phi) is 9.65. The number of hydrogen-bond donors (Lipinski definition) is 2. The average Bonchev–Trinajstić information content (AvgIpc) is 3.44. The maximum absolute atomic E-state index is 14.7. The van der Waals surface area contributed by atoms with E-state index < -0.39 is 50.6 Å². The number of rotatable bonds is 13. The summed E-state index contributed by atoms with van der Waals surface area (Å²) in [6.45, 7) is 7.85. The molecule has 2 aromatic heterocycles. The number of carbonyl (C=O) groups is 1. The predicted octanol–water partition coefficient (Wildman–Crippen LogP) is 3.18. The minimum Gasteiger partial charge on any atom is -0.464 e. The van der Waals surface area contributed by atoms with Gasteiger partial charge in [0.25, 0.3) is 8.18 Å². The first-order valence-corrected chi connectivity index (χ1v) is 13.5. The molecule has 0 spiro atoms. The molecule has 1 saturated heterocycles. The summed E-state index contributed by atoms with van der Waals surface area (Å²) < 4.78 is 57.6. The van der Waals surface area contributed by atoms with Crippen LogP contribution in [0.4, 0.5) is 10.2 Å². The van der Waals surface area contributed by atoms with Crippen molar-refractivity contribution in [3.63, 3.8) is 0 Å². The highest BCUT2D eigenvalue weighted by Gasteiger charge is 2.57. The number of hydrogen-bond acceptors (Lipinski definition) is 10. The quantitative estimate of drug-likeness (QED) is 0.217. The van der Waals surface area contributed by atoms with Crippen molar-refractivity contribution < 1.29 is 37.2 Å². The fourth-order valence-corrected chi connectivity index (χ4v) is 5.23. The highest BCUT2D eigenvalue weighted by atomic mass is 31.1. The van der Waals surface area contributed by atoms with Crippen molar-refractivity contribution in [2.75, 3.05) is 26.1 Å². The minimum absolute atomic E-state index is 0.239. The normalized spacial score (nSPS) is 22.7. The lowest BCUT2D eigenvalue weighted by Gasteiger charge is -2.36. The van der Waals surface area contributed by atoms with E-state index in [1.807, 2.05) is 13.8 Å². The van der Waals surface area contributed by atoms with Gasteiger partial charge in [-0.2, -0.15) is 5.10 Å². The number of nitrogens with two attached hydrogens (primary N) is 1. The molecule has 0 bridgehead atoms. The maximum atomic E-state index is 14.7. The van der Waals surface area contributed by atoms with Gasteiger partial charge < -0.3 is 24.7 Å². The van der Waals surface area contributed by atoms with Crippen LogP contribution in [0, 0.1) is 5.92 Å². The number of anilines is 1. The maximum Gasteiger partial charge on any atom is 0.323 e. The van der Waals surface area contributed by atoms with Crippen LogP contribution in [-0.4, -0.2) is 64.7 Å². The van der Waals surface area contributed by atoms with Gasteiger partial charge in [0.1, 0.15) is 36.8 Å². The van der Waals surface area contributed by atoms with Gasteiger partial charge in [-0.25, -0.2) is 19.0 Å². The van der Waals surface area contributed by atoms with Crippen molar-refractivity contribution in [2.45, 2.75) is 77.3 Å². The van der Waals surface area contributed by atoms with Gasteiger partial charge in [-0.1, -0.05) is 26.7 Å². The summed E-state index contributed by atoms with van der Waals surface area (Å²) in [6.07, 6.45) is 0.867. The Labute approximate surface area is 216 Å². The van der Waals surface area contributed by atoms with Crippen LogP contribution in [-0.2, 0) is 32.8 Å². The molecule has 0 amide bonds. The molecule has 3 heterocycles.